The smallest absolute Gasteiger partial charge is 0.225 e. The lowest BCUT2D eigenvalue weighted by atomic mass is 9.76. The van der Waals surface area contributed by atoms with Gasteiger partial charge in [0.05, 0.1) is 26.4 Å². The second kappa shape index (κ2) is 19.6. The third-order valence-electron chi connectivity index (χ3n) is 9.76. The van der Waals surface area contributed by atoms with Crippen LogP contribution in [-0.2, 0) is 19.1 Å². The summed E-state index contributed by atoms with van der Waals surface area (Å²) in [7, 11) is 0. The maximum atomic E-state index is 13.3. The van der Waals surface area contributed by atoms with Crippen LogP contribution in [0.25, 0.3) is 0 Å². The van der Waals surface area contributed by atoms with Crippen molar-refractivity contribution in [1.82, 2.24) is 10.6 Å². The molecule has 0 saturated carbocycles. The summed E-state index contributed by atoms with van der Waals surface area (Å²) < 4.78 is 12.1. The summed E-state index contributed by atoms with van der Waals surface area (Å²) >= 11 is 0. The molecule has 0 aromatic heterocycles. The van der Waals surface area contributed by atoms with Gasteiger partial charge in [0.2, 0.25) is 11.8 Å². The Balaban J connectivity index is 4.65. The molecule has 0 aliphatic carbocycles. The fourth-order valence-corrected chi connectivity index (χ4v) is 5.30. The van der Waals surface area contributed by atoms with Crippen molar-refractivity contribution in [2.24, 2.45) is 49.1 Å². The van der Waals surface area contributed by atoms with Crippen LogP contribution in [0.2, 0.25) is 0 Å². The molecule has 0 radical (unpaired) electrons. The van der Waals surface area contributed by atoms with Gasteiger partial charge < -0.3 is 25.8 Å². The lowest BCUT2D eigenvalue weighted by molar-refractivity contribution is -0.130. The average Bonchev–Trinajstić information content (AvgIpc) is 2.94. The van der Waals surface area contributed by atoms with E-state index in [4.69, 9.17) is 15.2 Å². The Morgan fingerprint density at radius 3 is 1.36 bits per heavy atom. The summed E-state index contributed by atoms with van der Waals surface area (Å²) in [5.74, 6) is 0.110. The summed E-state index contributed by atoms with van der Waals surface area (Å²) in [4.78, 5) is 26.1. The molecule has 7 nitrogen and oxygen atoms in total. The number of amides is 2. The minimum atomic E-state index is -0.450. The summed E-state index contributed by atoms with van der Waals surface area (Å²) in [5.41, 5.74) is 5.39. The molecule has 50 heavy (non-hydrogen) atoms. The first-order valence-electron chi connectivity index (χ1n) is 19.4. The van der Waals surface area contributed by atoms with Crippen molar-refractivity contribution >= 4 is 11.8 Å². The first-order chi connectivity index (χ1) is 22.3. The van der Waals surface area contributed by atoms with Gasteiger partial charge in [-0.3, -0.25) is 9.59 Å². The van der Waals surface area contributed by atoms with Gasteiger partial charge in [0.1, 0.15) is 0 Å². The number of hydrogen-bond donors (Lipinski definition) is 3. The van der Waals surface area contributed by atoms with Crippen LogP contribution >= 0.6 is 0 Å². The molecule has 0 aromatic carbocycles. The van der Waals surface area contributed by atoms with Crippen LogP contribution in [0.3, 0.4) is 0 Å². The van der Waals surface area contributed by atoms with Gasteiger partial charge in [-0.2, -0.15) is 0 Å². The number of nitrogens with two attached hydrogens (primary N) is 1. The van der Waals surface area contributed by atoms with Gasteiger partial charge >= 0.3 is 0 Å². The van der Waals surface area contributed by atoms with Crippen molar-refractivity contribution in [3.8, 4) is 0 Å². The Kier molecular flexibility index (Phi) is 19.0. The molecule has 4 N–H and O–H groups in total. The van der Waals surface area contributed by atoms with Crippen LogP contribution < -0.4 is 16.4 Å². The van der Waals surface area contributed by atoms with Crippen molar-refractivity contribution < 1.29 is 19.1 Å². The SMILES string of the molecule is CC(C)(C)CCC(C)(C)C/C=C\CC(C)(C)CCC(C)(C)C(=O)NCC(C)(C)COCC(C)(C)CNC(=O)CC(C)(C)COCC(C)(C)CN. The van der Waals surface area contributed by atoms with E-state index in [0.29, 0.717) is 63.3 Å². The molecule has 0 heterocycles. The van der Waals surface area contributed by atoms with E-state index in [9.17, 15) is 9.59 Å². The zero-order valence-electron chi connectivity index (χ0n) is 36.3. The molecule has 296 valence electrons. The van der Waals surface area contributed by atoms with Gasteiger partial charge in [-0.25, -0.2) is 0 Å². The van der Waals surface area contributed by atoms with E-state index < -0.39 is 5.41 Å². The molecule has 0 rings (SSSR count). The van der Waals surface area contributed by atoms with E-state index in [1.165, 1.54) is 12.8 Å². The Morgan fingerprint density at radius 1 is 0.520 bits per heavy atom. The average molecular weight is 708 g/mol. The van der Waals surface area contributed by atoms with Crippen LogP contribution in [-0.4, -0.2) is 57.9 Å². The number of ether oxygens (including phenoxy) is 2. The zero-order valence-corrected chi connectivity index (χ0v) is 36.3. The largest absolute Gasteiger partial charge is 0.380 e. The highest BCUT2D eigenvalue weighted by atomic mass is 16.5. The molecule has 0 fully saturated rings. The predicted octanol–water partition coefficient (Wildman–Crippen LogP) is 9.73. The molecule has 0 bridgehead atoms. The maximum absolute atomic E-state index is 13.3. The molecule has 0 spiro atoms. The van der Waals surface area contributed by atoms with Gasteiger partial charge in [0.25, 0.3) is 0 Å². The van der Waals surface area contributed by atoms with Gasteiger partial charge in [0, 0.05) is 41.2 Å². The van der Waals surface area contributed by atoms with Crippen molar-refractivity contribution in [1.29, 1.82) is 0 Å². The summed E-state index contributed by atoms with van der Waals surface area (Å²) in [5, 5.41) is 6.32. The number of carbonyl (C=O) groups is 2. The predicted molar refractivity (Wildman–Crippen MR) is 214 cm³/mol. The van der Waals surface area contributed by atoms with Gasteiger partial charge in [-0.05, 0) is 66.7 Å². The van der Waals surface area contributed by atoms with Crippen molar-refractivity contribution in [2.75, 3.05) is 46.1 Å². The Morgan fingerprint density at radius 2 is 0.920 bits per heavy atom. The highest BCUT2D eigenvalue weighted by Gasteiger charge is 2.32. The molecule has 2 amide bonds. The normalized spacial score (nSPS) is 14.4. The molecule has 0 aromatic rings. The van der Waals surface area contributed by atoms with Crippen LogP contribution in [0.5, 0.6) is 0 Å². The fraction of sp³-hybridized carbons (Fsp3) is 0.907. The molecular weight excluding hydrogens is 622 g/mol. The highest BCUT2D eigenvalue weighted by Crippen LogP contribution is 2.36. The second-order valence-electron chi connectivity index (χ2n) is 22.1. The quantitative estimate of drug-likeness (QED) is 0.0820. The number of rotatable bonds is 25. The topological polar surface area (TPSA) is 103 Å². The van der Waals surface area contributed by atoms with Crippen molar-refractivity contribution in [3.63, 3.8) is 0 Å². The fourth-order valence-electron chi connectivity index (χ4n) is 5.30. The molecule has 0 saturated heterocycles. The molecular formula is C43H85N3O4. The van der Waals surface area contributed by atoms with E-state index in [1.54, 1.807) is 0 Å². The first-order valence-corrected chi connectivity index (χ1v) is 19.4. The van der Waals surface area contributed by atoms with Crippen LogP contribution in [0.4, 0.5) is 0 Å². The van der Waals surface area contributed by atoms with E-state index >= 15 is 0 Å². The van der Waals surface area contributed by atoms with Crippen LogP contribution in [0.1, 0.15) is 163 Å². The standard InChI is InChI=1S/C43H85N3O4/c1-36(2,3)22-23-37(4,5)20-18-19-21-38(6,7)24-25-43(16,17)35(48)46-29-42(14,15)33-50-32-41(12,13)28-45-34(47)26-39(8,9)30-49-31-40(10,11)27-44/h18-19H,20-33,44H2,1-17H3,(H,45,47)(H,46,48)/b19-18-. The lowest BCUT2D eigenvalue weighted by Crippen LogP contribution is -2.44. The zero-order chi connectivity index (χ0) is 39.3. The second-order valence-corrected chi connectivity index (χ2v) is 22.1. The minimum absolute atomic E-state index is 0.0152. The first kappa shape index (κ1) is 48.6. The van der Waals surface area contributed by atoms with E-state index in [1.807, 2.05) is 0 Å². The maximum Gasteiger partial charge on any atom is 0.225 e. The minimum Gasteiger partial charge on any atom is -0.380 e. The van der Waals surface area contributed by atoms with Crippen molar-refractivity contribution in [3.05, 3.63) is 12.2 Å². The van der Waals surface area contributed by atoms with Crippen LogP contribution in [0.15, 0.2) is 12.2 Å². The third kappa shape index (κ3) is 23.9. The van der Waals surface area contributed by atoms with Gasteiger partial charge in [0.15, 0.2) is 0 Å². The monoisotopic (exact) mass is 708 g/mol. The number of carbonyl (C=O) groups excluding carboxylic acids is 2. The lowest BCUT2D eigenvalue weighted by Gasteiger charge is -2.33. The Bertz CT molecular complexity index is 1040. The van der Waals surface area contributed by atoms with E-state index in [0.717, 1.165) is 25.7 Å². The Labute approximate surface area is 310 Å². The van der Waals surface area contributed by atoms with Gasteiger partial charge in [-0.15, -0.1) is 0 Å². The highest BCUT2D eigenvalue weighted by molar-refractivity contribution is 5.81. The van der Waals surface area contributed by atoms with E-state index in [-0.39, 0.29) is 38.9 Å². The number of nitrogens with one attached hydrogen (secondary N) is 2. The summed E-state index contributed by atoms with van der Waals surface area (Å²) in [6.45, 7) is 40.9. The number of allylic oxidation sites excluding steroid dienone is 2. The van der Waals surface area contributed by atoms with Crippen molar-refractivity contribution in [2.45, 2.75) is 163 Å². The Hall–Kier alpha value is -1.44. The molecule has 0 aliphatic heterocycles. The van der Waals surface area contributed by atoms with Crippen LogP contribution in [0, 0.1) is 43.3 Å². The summed E-state index contributed by atoms with van der Waals surface area (Å²) in [6, 6.07) is 0. The molecule has 0 atom stereocenters. The number of hydrogen-bond acceptors (Lipinski definition) is 5. The molecule has 0 unspecified atom stereocenters. The van der Waals surface area contributed by atoms with E-state index in [2.05, 4.69) is 140 Å². The molecule has 7 heteroatoms. The van der Waals surface area contributed by atoms with Gasteiger partial charge in [-0.1, -0.05) is 130 Å². The third-order valence-corrected chi connectivity index (χ3v) is 9.76. The molecule has 0 aliphatic rings. The summed E-state index contributed by atoms with van der Waals surface area (Å²) in [6.07, 6.45) is 11.5.